The highest BCUT2D eigenvalue weighted by Crippen LogP contribution is 2.32. The third kappa shape index (κ3) is 2.03. The fraction of sp³-hybridized carbons (Fsp3) is 0.385. The lowest BCUT2D eigenvalue weighted by Gasteiger charge is -2.42. The monoisotopic (exact) mass is 248 g/mol. The first kappa shape index (κ1) is 12.4. The van der Waals surface area contributed by atoms with Gasteiger partial charge in [-0.25, -0.2) is 4.74 Å². The SMILES string of the molecule is COc1ccc(N2C(=O)[C@H](C)[C@@H]2/C=[N+](/C)[O-])cc1. The summed E-state index contributed by atoms with van der Waals surface area (Å²) >= 11 is 0. The number of carbonyl (C=O) groups excluding carboxylic acids is 1. The van der Waals surface area contributed by atoms with Crippen molar-refractivity contribution in [2.45, 2.75) is 13.0 Å². The van der Waals surface area contributed by atoms with Gasteiger partial charge >= 0.3 is 0 Å². The molecule has 1 fully saturated rings. The van der Waals surface area contributed by atoms with Gasteiger partial charge in [-0.05, 0) is 24.3 Å². The number of hydrogen-bond donors (Lipinski definition) is 0. The van der Waals surface area contributed by atoms with Crippen molar-refractivity contribution in [3.05, 3.63) is 29.5 Å². The van der Waals surface area contributed by atoms with E-state index in [9.17, 15) is 10.0 Å². The van der Waals surface area contributed by atoms with Crippen molar-refractivity contribution in [1.82, 2.24) is 0 Å². The zero-order chi connectivity index (χ0) is 13.3. The number of hydrogen-bond acceptors (Lipinski definition) is 3. The zero-order valence-electron chi connectivity index (χ0n) is 10.7. The van der Waals surface area contributed by atoms with Crippen molar-refractivity contribution in [2.24, 2.45) is 5.92 Å². The molecular weight excluding hydrogens is 232 g/mol. The van der Waals surface area contributed by atoms with Crippen LogP contribution in [0.1, 0.15) is 6.92 Å². The molecule has 5 heteroatoms. The number of β-lactam (4-membered cyclic amide) rings is 1. The Morgan fingerprint density at radius 1 is 1.39 bits per heavy atom. The van der Waals surface area contributed by atoms with E-state index >= 15 is 0 Å². The molecule has 1 aromatic carbocycles. The van der Waals surface area contributed by atoms with E-state index in [-0.39, 0.29) is 17.9 Å². The standard InChI is InChI=1S/C13H16N2O3/c1-9-12(8-14(2)17)15(13(9)16)10-4-6-11(18-3)7-5-10/h4-9,12H,1-3H3/b14-8-/t9-,12+/m1/s1. The van der Waals surface area contributed by atoms with E-state index in [2.05, 4.69) is 0 Å². The first-order chi connectivity index (χ1) is 8.54. The Kier molecular flexibility index (Phi) is 3.23. The Morgan fingerprint density at radius 2 is 2.00 bits per heavy atom. The highest BCUT2D eigenvalue weighted by molar-refractivity contribution is 6.08. The van der Waals surface area contributed by atoms with Crippen LogP contribution < -0.4 is 9.64 Å². The van der Waals surface area contributed by atoms with Crippen molar-refractivity contribution in [2.75, 3.05) is 19.1 Å². The fourth-order valence-corrected chi connectivity index (χ4v) is 2.11. The van der Waals surface area contributed by atoms with Crippen molar-refractivity contribution < 1.29 is 14.3 Å². The van der Waals surface area contributed by atoms with Crippen molar-refractivity contribution in [3.8, 4) is 5.75 Å². The Labute approximate surface area is 106 Å². The van der Waals surface area contributed by atoms with Crippen LogP contribution in [0.15, 0.2) is 24.3 Å². The Morgan fingerprint density at radius 3 is 2.50 bits per heavy atom. The van der Waals surface area contributed by atoms with Crippen LogP contribution in [0, 0.1) is 11.1 Å². The second kappa shape index (κ2) is 4.68. The van der Waals surface area contributed by atoms with Gasteiger partial charge in [0.05, 0.1) is 13.0 Å². The largest absolute Gasteiger partial charge is 0.624 e. The molecule has 0 saturated carbocycles. The van der Waals surface area contributed by atoms with Gasteiger partial charge in [0.25, 0.3) is 0 Å². The Hall–Kier alpha value is -2.04. The molecule has 1 saturated heterocycles. The van der Waals surface area contributed by atoms with Gasteiger partial charge in [-0.3, -0.25) is 9.69 Å². The summed E-state index contributed by atoms with van der Waals surface area (Å²) in [5, 5.41) is 11.1. The molecule has 0 N–H and O–H groups in total. The lowest BCUT2D eigenvalue weighted by Crippen LogP contribution is -2.61. The van der Waals surface area contributed by atoms with Gasteiger partial charge in [0.15, 0.2) is 6.21 Å². The Bertz CT molecular complexity index is 478. The normalized spacial score (nSPS) is 23.8. The Balaban J connectivity index is 2.25. The van der Waals surface area contributed by atoms with Crippen LogP contribution in [0.5, 0.6) is 5.75 Å². The average molecular weight is 248 g/mol. The van der Waals surface area contributed by atoms with Crippen LogP contribution in [0.25, 0.3) is 0 Å². The summed E-state index contributed by atoms with van der Waals surface area (Å²) in [4.78, 5) is 13.5. The number of ether oxygens (including phenoxy) is 1. The average Bonchev–Trinajstić information content (AvgIpc) is 2.38. The van der Waals surface area contributed by atoms with Gasteiger partial charge in [0.2, 0.25) is 5.91 Å². The van der Waals surface area contributed by atoms with E-state index in [1.165, 1.54) is 13.3 Å². The molecule has 1 aliphatic heterocycles. The van der Waals surface area contributed by atoms with Crippen LogP contribution in [-0.2, 0) is 4.79 Å². The predicted molar refractivity (Wildman–Crippen MR) is 69.0 cm³/mol. The molecular formula is C13H16N2O3. The van der Waals surface area contributed by atoms with Gasteiger partial charge in [0, 0.05) is 5.69 Å². The zero-order valence-corrected chi connectivity index (χ0v) is 10.7. The highest BCUT2D eigenvalue weighted by Gasteiger charge is 2.46. The third-order valence-corrected chi connectivity index (χ3v) is 3.15. The molecule has 18 heavy (non-hydrogen) atoms. The van der Waals surface area contributed by atoms with Crippen LogP contribution in [0.2, 0.25) is 0 Å². The second-order valence-electron chi connectivity index (χ2n) is 4.38. The second-order valence-corrected chi connectivity index (χ2v) is 4.38. The molecule has 1 amide bonds. The minimum absolute atomic E-state index is 0.0308. The van der Waals surface area contributed by atoms with Gasteiger partial charge < -0.3 is 9.94 Å². The number of amides is 1. The molecule has 0 aromatic heterocycles. The topological polar surface area (TPSA) is 55.6 Å². The quantitative estimate of drug-likeness (QED) is 0.266. The van der Waals surface area contributed by atoms with Crippen LogP contribution in [0.4, 0.5) is 5.69 Å². The lowest BCUT2D eigenvalue weighted by molar-refractivity contribution is -0.419. The number of anilines is 1. The molecule has 5 nitrogen and oxygen atoms in total. The third-order valence-electron chi connectivity index (χ3n) is 3.15. The maximum absolute atomic E-state index is 11.9. The number of carbonyl (C=O) groups is 1. The van der Waals surface area contributed by atoms with Gasteiger partial charge in [-0.15, -0.1) is 0 Å². The molecule has 96 valence electrons. The van der Waals surface area contributed by atoms with E-state index in [0.717, 1.165) is 16.2 Å². The fourth-order valence-electron chi connectivity index (χ4n) is 2.11. The smallest absolute Gasteiger partial charge is 0.233 e. The summed E-state index contributed by atoms with van der Waals surface area (Å²) in [7, 11) is 3.01. The molecule has 2 rings (SSSR count). The minimum atomic E-state index is -0.173. The predicted octanol–water partition coefficient (Wildman–Crippen LogP) is 1.26. The number of benzene rings is 1. The summed E-state index contributed by atoms with van der Waals surface area (Å²) in [6, 6.07) is 7.05. The van der Waals surface area contributed by atoms with E-state index in [1.807, 2.05) is 19.1 Å². The molecule has 0 unspecified atom stereocenters. The molecule has 0 aliphatic carbocycles. The maximum atomic E-state index is 11.9. The van der Waals surface area contributed by atoms with E-state index < -0.39 is 0 Å². The highest BCUT2D eigenvalue weighted by atomic mass is 16.5. The van der Waals surface area contributed by atoms with Crippen molar-refractivity contribution >= 4 is 17.8 Å². The molecule has 0 spiro atoms. The van der Waals surface area contributed by atoms with Crippen molar-refractivity contribution in [3.63, 3.8) is 0 Å². The number of hydroxylamine groups is 1. The number of rotatable bonds is 3. The van der Waals surface area contributed by atoms with E-state index in [1.54, 1.807) is 24.1 Å². The molecule has 0 bridgehead atoms. The summed E-state index contributed by atoms with van der Waals surface area (Å²) < 4.78 is 5.81. The molecule has 1 aliphatic rings. The minimum Gasteiger partial charge on any atom is -0.624 e. The summed E-state index contributed by atoms with van der Waals surface area (Å²) in [6.45, 7) is 1.83. The first-order valence-electron chi connectivity index (χ1n) is 5.76. The van der Waals surface area contributed by atoms with Crippen LogP contribution in [-0.4, -0.2) is 37.1 Å². The van der Waals surface area contributed by atoms with Gasteiger partial charge in [-0.2, -0.15) is 0 Å². The molecule has 2 atom stereocenters. The molecule has 1 aromatic rings. The maximum Gasteiger partial charge on any atom is 0.233 e. The summed E-state index contributed by atoms with van der Waals surface area (Å²) in [6.07, 6.45) is 1.51. The molecule has 1 heterocycles. The number of nitrogens with zero attached hydrogens (tertiary/aromatic N) is 2. The summed E-state index contributed by atoms with van der Waals surface area (Å²) in [5.74, 6) is 0.619. The number of methoxy groups -OCH3 is 1. The van der Waals surface area contributed by atoms with Crippen molar-refractivity contribution in [1.29, 1.82) is 0 Å². The van der Waals surface area contributed by atoms with Gasteiger partial charge in [-0.1, -0.05) is 6.92 Å². The van der Waals surface area contributed by atoms with Crippen LogP contribution >= 0.6 is 0 Å². The van der Waals surface area contributed by atoms with E-state index in [0.29, 0.717) is 0 Å². The first-order valence-corrected chi connectivity index (χ1v) is 5.76. The van der Waals surface area contributed by atoms with Crippen LogP contribution in [0.3, 0.4) is 0 Å². The summed E-state index contributed by atoms with van der Waals surface area (Å²) in [5.41, 5.74) is 0.780. The lowest BCUT2D eigenvalue weighted by atomic mass is 9.89. The van der Waals surface area contributed by atoms with Gasteiger partial charge in [0.1, 0.15) is 18.8 Å². The molecule has 0 radical (unpaired) electrons. The van der Waals surface area contributed by atoms with E-state index in [4.69, 9.17) is 4.74 Å².